The highest BCUT2D eigenvalue weighted by Gasteiger charge is 2.29. The van der Waals surface area contributed by atoms with E-state index in [0.717, 1.165) is 18.8 Å². The molecule has 0 N–H and O–H groups in total. The molecule has 0 aromatic heterocycles. The Morgan fingerprint density at radius 1 is 1.39 bits per heavy atom. The molecule has 1 aliphatic rings. The predicted molar refractivity (Wildman–Crippen MR) is 90.5 cm³/mol. The monoisotopic (exact) mass is 320 g/mol. The van der Waals surface area contributed by atoms with Gasteiger partial charge in [-0.3, -0.25) is 9.69 Å². The molecule has 0 radical (unpaired) electrons. The zero-order valence-electron chi connectivity index (χ0n) is 14.6. The Hall–Kier alpha value is -1.59. The predicted octanol–water partition coefficient (Wildman–Crippen LogP) is 2.01. The van der Waals surface area contributed by atoms with Crippen LogP contribution in [0.4, 0.5) is 0 Å². The molecular weight excluding hydrogens is 292 g/mol. The number of benzene rings is 1. The average Bonchev–Trinajstić information content (AvgIpc) is 2.71. The first-order chi connectivity index (χ1) is 11.0. The Balaban J connectivity index is 2.09. The zero-order valence-corrected chi connectivity index (χ0v) is 14.6. The Morgan fingerprint density at radius 2 is 2.13 bits per heavy atom. The van der Waals surface area contributed by atoms with Gasteiger partial charge in [0.1, 0.15) is 5.75 Å². The molecule has 0 spiro atoms. The molecule has 5 nitrogen and oxygen atoms in total. The molecule has 128 valence electrons. The molecule has 1 fully saturated rings. The molecule has 2 atom stereocenters. The second-order valence-corrected chi connectivity index (χ2v) is 6.35. The van der Waals surface area contributed by atoms with Gasteiger partial charge in [-0.15, -0.1) is 0 Å². The maximum absolute atomic E-state index is 12.1. The minimum atomic E-state index is 0.157. The number of carbonyl (C=O) groups is 1. The van der Waals surface area contributed by atoms with Gasteiger partial charge in [-0.1, -0.05) is 18.2 Å². The van der Waals surface area contributed by atoms with Crippen LogP contribution in [0.3, 0.4) is 0 Å². The van der Waals surface area contributed by atoms with Crippen molar-refractivity contribution in [2.75, 3.05) is 41.0 Å². The van der Waals surface area contributed by atoms with Crippen LogP contribution in [0.2, 0.25) is 0 Å². The molecule has 1 heterocycles. The molecule has 0 bridgehead atoms. The van der Waals surface area contributed by atoms with Crippen LogP contribution in [0.5, 0.6) is 5.75 Å². The van der Waals surface area contributed by atoms with Gasteiger partial charge < -0.3 is 14.4 Å². The zero-order chi connectivity index (χ0) is 16.8. The minimum Gasteiger partial charge on any atom is -0.496 e. The van der Waals surface area contributed by atoms with E-state index in [1.807, 2.05) is 18.2 Å². The minimum absolute atomic E-state index is 0.157. The maximum atomic E-state index is 12.1. The molecule has 1 saturated heterocycles. The van der Waals surface area contributed by atoms with Crippen molar-refractivity contribution in [1.29, 1.82) is 0 Å². The summed E-state index contributed by atoms with van der Waals surface area (Å²) in [6.07, 6.45) is 0.524. The summed E-state index contributed by atoms with van der Waals surface area (Å²) in [7, 11) is 5.31. The molecule has 23 heavy (non-hydrogen) atoms. The number of methoxy groups -OCH3 is 1. The number of hydrogen-bond donors (Lipinski definition) is 0. The van der Waals surface area contributed by atoms with E-state index in [4.69, 9.17) is 9.47 Å². The van der Waals surface area contributed by atoms with Crippen molar-refractivity contribution in [2.45, 2.75) is 25.9 Å². The SMILES string of the molecule is COc1ccccc1CN1CCOC[C@H](CC(=O)N(C)C)[C@H]1C. The molecule has 1 aromatic carbocycles. The number of nitrogens with zero attached hydrogens (tertiary/aromatic N) is 2. The molecule has 0 saturated carbocycles. The largest absolute Gasteiger partial charge is 0.496 e. The van der Waals surface area contributed by atoms with E-state index in [0.29, 0.717) is 19.6 Å². The van der Waals surface area contributed by atoms with E-state index in [-0.39, 0.29) is 17.9 Å². The third kappa shape index (κ3) is 4.69. The van der Waals surface area contributed by atoms with E-state index in [1.165, 1.54) is 5.56 Å². The van der Waals surface area contributed by atoms with Crippen LogP contribution in [0.1, 0.15) is 18.9 Å². The Morgan fingerprint density at radius 3 is 2.83 bits per heavy atom. The smallest absolute Gasteiger partial charge is 0.222 e. The molecule has 0 unspecified atom stereocenters. The summed E-state index contributed by atoms with van der Waals surface area (Å²) in [5.41, 5.74) is 1.17. The third-order valence-corrected chi connectivity index (χ3v) is 4.61. The van der Waals surface area contributed by atoms with Crippen LogP contribution >= 0.6 is 0 Å². The fourth-order valence-electron chi connectivity index (χ4n) is 2.97. The van der Waals surface area contributed by atoms with E-state index < -0.39 is 0 Å². The Bertz CT molecular complexity index is 519. The maximum Gasteiger partial charge on any atom is 0.222 e. The molecule has 5 heteroatoms. The van der Waals surface area contributed by atoms with E-state index in [2.05, 4.69) is 17.9 Å². The summed E-state index contributed by atoms with van der Waals surface area (Å²) < 4.78 is 11.2. The van der Waals surface area contributed by atoms with Gasteiger partial charge in [-0.25, -0.2) is 0 Å². The first kappa shape index (κ1) is 17.8. The van der Waals surface area contributed by atoms with Gasteiger partial charge in [-0.05, 0) is 13.0 Å². The number of amides is 1. The standard InChI is InChI=1S/C18H28N2O3/c1-14-16(11-18(21)19(2)3)13-23-10-9-20(14)12-15-7-5-6-8-17(15)22-4/h5-8,14,16H,9-13H2,1-4H3/t14-,16+/m1/s1. The number of rotatable bonds is 5. The van der Waals surface area contributed by atoms with Crippen LogP contribution in [0.25, 0.3) is 0 Å². The van der Waals surface area contributed by atoms with E-state index >= 15 is 0 Å². The molecular formula is C18H28N2O3. The van der Waals surface area contributed by atoms with Gasteiger partial charge in [0.15, 0.2) is 0 Å². The third-order valence-electron chi connectivity index (χ3n) is 4.61. The van der Waals surface area contributed by atoms with Crippen LogP contribution < -0.4 is 4.74 Å². The Kier molecular flexibility index (Phi) is 6.42. The van der Waals surface area contributed by atoms with Crippen molar-refractivity contribution in [2.24, 2.45) is 5.92 Å². The van der Waals surface area contributed by atoms with Crippen molar-refractivity contribution in [1.82, 2.24) is 9.80 Å². The highest BCUT2D eigenvalue weighted by molar-refractivity contribution is 5.75. The van der Waals surface area contributed by atoms with Crippen molar-refractivity contribution >= 4 is 5.91 Å². The van der Waals surface area contributed by atoms with Crippen LogP contribution in [0.15, 0.2) is 24.3 Å². The highest BCUT2D eigenvalue weighted by atomic mass is 16.5. The highest BCUT2D eigenvalue weighted by Crippen LogP contribution is 2.25. The lowest BCUT2D eigenvalue weighted by Crippen LogP contribution is -2.40. The molecule has 1 aliphatic heterocycles. The van der Waals surface area contributed by atoms with Crippen molar-refractivity contribution in [3.8, 4) is 5.75 Å². The molecule has 0 aliphatic carbocycles. The Labute approximate surface area is 139 Å². The number of ether oxygens (including phenoxy) is 2. The molecule has 2 rings (SSSR count). The van der Waals surface area contributed by atoms with Gasteiger partial charge in [0.2, 0.25) is 5.91 Å². The van der Waals surface area contributed by atoms with E-state index in [1.54, 1.807) is 26.1 Å². The number of hydrogen-bond acceptors (Lipinski definition) is 4. The van der Waals surface area contributed by atoms with Crippen molar-refractivity contribution in [3.05, 3.63) is 29.8 Å². The summed E-state index contributed by atoms with van der Waals surface area (Å²) in [5, 5.41) is 0. The second-order valence-electron chi connectivity index (χ2n) is 6.35. The van der Waals surface area contributed by atoms with Gasteiger partial charge in [0, 0.05) is 51.1 Å². The average molecular weight is 320 g/mol. The number of carbonyl (C=O) groups excluding carboxylic acids is 1. The summed E-state index contributed by atoms with van der Waals surface area (Å²) in [6.45, 7) is 5.21. The normalized spacial score (nSPS) is 22.4. The molecule has 1 aromatic rings. The lowest BCUT2D eigenvalue weighted by Gasteiger charge is -2.32. The quantitative estimate of drug-likeness (QED) is 0.832. The van der Waals surface area contributed by atoms with Crippen LogP contribution in [-0.2, 0) is 16.1 Å². The van der Waals surface area contributed by atoms with Gasteiger partial charge in [0.05, 0.1) is 20.3 Å². The summed E-state index contributed by atoms with van der Waals surface area (Å²) in [4.78, 5) is 16.1. The van der Waals surface area contributed by atoms with Gasteiger partial charge >= 0.3 is 0 Å². The second kappa shape index (κ2) is 8.31. The lowest BCUT2D eigenvalue weighted by molar-refractivity contribution is -0.130. The van der Waals surface area contributed by atoms with Gasteiger partial charge in [0.25, 0.3) is 0 Å². The van der Waals surface area contributed by atoms with Crippen molar-refractivity contribution < 1.29 is 14.3 Å². The summed E-state index contributed by atoms with van der Waals surface area (Å²) in [6, 6.07) is 8.38. The van der Waals surface area contributed by atoms with Crippen LogP contribution in [0, 0.1) is 5.92 Å². The number of para-hydroxylation sites is 1. The fourth-order valence-corrected chi connectivity index (χ4v) is 2.97. The topological polar surface area (TPSA) is 42.0 Å². The lowest BCUT2D eigenvalue weighted by atomic mass is 9.96. The summed E-state index contributed by atoms with van der Waals surface area (Å²) >= 11 is 0. The van der Waals surface area contributed by atoms with Crippen molar-refractivity contribution in [3.63, 3.8) is 0 Å². The van der Waals surface area contributed by atoms with Gasteiger partial charge in [-0.2, -0.15) is 0 Å². The first-order valence-electron chi connectivity index (χ1n) is 8.16. The summed E-state index contributed by atoms with van der Waals surface area (Å²) in [5.74, 6) is 1.28. The van der Waals surface area contributed by atoms with Crippen LogP contribution in [-0.4, -0.2) is 62.7 Å². The first-order valence-corrected chi connectivity index (χ1v) is 8.16. The molecule has 1 amide bonds. The fraction of sp³-hybridized carbons (Fsp3) is 0.611. The van der Waals surface area contributed by atoms with E-state index in [9.17, 15) is 4.79 Å².